The largest absolute Gasteiger partial charge is 0.494 e. The molecule has 0 spiro atoms. The first-order chi connectivity index (χ1) is 6.80. The molecule has 0 aliphatic rings. The van der Waals surface area contributed by atoms with Crippen molar-refractivity contribution in [1.29, 1.82) is 0 Å². The molecule has 0 saturated carbocycles. The quantitative estimate of drug-likeness (QED) is 0.755. The fraction of sp³-hybridized carbons (Fsp3) is 0.455. The highest BCUT2D eigenvalue weighted by molar-refractivity contribution is 9.08. The Kier molecular flexibility index (Phi) is 4.80. The maximum absolute atomic E-state index is 5.43. The first-order valence-electron chi connectivity index (χ1n) is 4.75. The SMILES string of the molecule is CCOc1cc(CBr)cc(OCC)c1. The predicted octanol–water partition coefficient (Wildman–Crippen LogP) is 3.38. The lowest BCUT2D eigenvalue weighted by Gasteiger charge is -2.09. The van der Waals surface area contributed by atoms with Crippen LogP contribution in [0.1, 0.15) is 19.4 Å². The first kappa shape index (κ1) is 11.4. The molecule has 14 heavy (non-hydrogen) atoms. The zero-order valence-corrected chi connectivity index (χ0v) is 10.1. The van der Waals surface area contributed by atoms with Gasteiger partial charge in [0.2, 0.25) is 0 Å². The lowest BCUT2D eigenvalue weighted by molar-refractivity contribution is 0.322. The van der Waals surface area contributed by atoms with Crippen molar-refractivity contribution in [2.24, 2.45) is 0 Å². The Balaban J connectivity index is 2.88. The van der Waals surface area contributed by atoms with Crippen molar-refractivity contribution in [1.82, 2.24) is 0 Å². The molecule has 0 N–H and O–H groups in total. The molecule has 0 aliphatic heterocycles. The van der Waals surface area contributed by atoms with E-state index in [-0.39, 0.29) is 0 Å². The summed E-state index contributed by atoms with van der Waals surface area (Å²) in [4.78, 5) is 0. The molecule has 0 heterocycles. The van der Waals surface area contributed by atoms with Gasteiger partial charge >= 0.3 is 0 Å². The molecule has 0 amide bonds. The number of hydrogen-bond donors (Lipinski definition) is 0. The molecular weight excluding hydrogens is 244 g/mol. The van der Waals surface area contributed by atoms with Crippen LogP contribution >= 0.6 is 15.9 Å². The summed E-state index contributed by atoms with van der Waals surface area (Å²) in [5.74, 6) is 1.74. The van der Waals surface area contributed by atoms with Crippen molar-refractivity contribution in [3.05, 3.63) is 23.8 Å². The molecule has 0 radical (unpaired) electrons. The van der Waals surface area contributed by atoms with Crippen molar-refractivity contribution in [3.63, 3.8) is 0 Å². The number of rotatable bonds is 5. The van der Waals surface area contributed by atoms with Gasteiger partial charge in [0.05, 0.1) is 13.2 Å². The van der Waals surface area contributed by atoms with E-state index in [0.29, 0.717) is 13.2 Å². The normalized spacial score (nSPS) is 9.93. The second-order valence-corrected chi connectivity index (χ2v) is 3.37. The minimum Gasteiger partial charge on any atom is -0.494 e. The van der Waals surface area contributed by atoms with E-state index in [1.807, 2.05) is 32.0 Å². The monoisotopic (exact) mass is 258 g/mol. The van der Waals surface area contributed by atoms with Gasteiger partial charge in [-0.3, -0.25) is 0 Å². The summed E-state index contributed by atoms with van der Waals surface area (Å²) in [7, 11) is 0. The molecule has 3 heteroatoms. The Morgan fingerprint density at radius 2 is 1.50 bits per heavy atom. The number of benzene rings is 1. The van der Waals surface area contributed by atoms with Crippen LogP contribution in [0.15, 0.2) is 18.2 Å². The molecule has 1 rings (SSSR count). The maximum atomic E-state index is 5.43. The van der Waals surface area contributed by atoms with Gasteiger partial charge in [0, 0.05) is 11.4 Å². The molecule has 78 valence electrons. The smallest absolute Gasteiger partial charge is 0.123 e. The number of hydrogen-bond acceptors (Lipinski definition) is 2. The van der Waals surface area contributed by atoms with Gasteiger partial charge in [-0.05, 0) is 31.5 Å². The Hall–Kier alpha value is -0.700. The molecule has 0 unspecified atom stereocenters. The maximum Gasteiger partial charge on any atom is 0.123 e. The van der Waals surface area contributed by atoms with Gasteiger partial charge in [0.15, 0.2) is 0 Å². The van der Waals surface area contributed by atoms with E-state index in [0.717, 1.165) is 16.8 Å². The average molecular weight is 259 g/mol. The zero-order valence-electron chi connectivity index (χ0n) is 8.55. The highest BCUT2D eigenvalue weighted by atomic mass is 79.9. The van der Waals surface area contributed by atoms with Gasteiger partial charge in [-0.15, -0.1) is 0 Å². The van der Waals surface area contributed by atoms with Crippen LogP contribution in [0.3, 0.4) is 0 Å². The van der Waals surface area contributed by atoms with E-state index in [4.69, 9.17) is 9.47 Å². The fourth-order valence-corrected chi connectivity index (χ4v) is 1.53. The predicted molar refractivity (Wildman–Crippen MR) is 61.4 cm³/mol. The number of ether oxygens (including phenoxy) is 2. The fourth-order valence-electron chi connectivity index (χ4n) is 1.21. The minimum absolute atomic E-state index is 0.678. The van der Waals surface area contributed by atoms with Gasteiger partial charge in [-0.2, -0.15) is 0 Å². The molecular formula is C11H15BrO2. The molecule has 1 aromatic carbocycles. The summed E-state index contributed by atoms with van der Waals surface area (Å²) in [6.07, 6.45) is 0. The van der Waals surface area contributed by atoms with Crippen LogP contribution < -0.4 is 9.47 Å². The van der Waals surface area contributed by atoms with E-state index < -0.39 is 0 Å². The van der Waals surface area contributed by atoms with Crippen molar-refractivity contribution in [2.75, 3.05) is 13.2 Å². The summed E-state index contributed by atoms with van der Waals surface area (Å²) in [5.41, 5.74) is 1.17. The van der Waals surface area contributed by atoms with E-state index in [1.54, 1.807) is 0 Å². The van der Waals surface area contributed by atoms with Gasteiger partial charge in [0.25, 0.3) is 0 Å². The number of halogens is 1. The summed E-state index contributed by atoms with van der Waals surface area (Å²) in [6, 6.07) is 5.95. The van der Waals surface area contributed by atoms with Gasteiger partial charge < -0.3 is 9.47 Å². The molecule has 0 atom stereocenters. The second-order valence-electron chi connectivity index (χ2n) is 2.81. The highest BCUT2D eigenvalue weighted by Gasteiger charge is 2.01. The van der Waals surface area contributed by atoms with Crippen LogP contribution in [-0.4, -0.2) is 13.2 Å². The summed E-state index contributed by atoms with van der Waals surface area (Å²) < 4.78 is 10.9. The summed E-state index contributed by atoms with van der Waals surface area (Å²) >= 11 is 3.42. The van der Waals surface area contributed by atoms with Gasteiger partial charge in [-0.1, -0.05) is 15.9 Å². The van der Waals surface area contributed by atoms with Gasteiger partial charge in [-0.25, -0.2) is 0 Å². The average Bonchev–Trinajstić information content (AvgIpc) is 2.18. The summed E-state index contributed by atoms with van der Waals surface area (Å²) in [6.45, 7) is 5.30. The van der Waals surface area contributed by atoms with Crippen molar-refractivity contribution in [3.8, 4) is 11.5 Å². The zero-order chi connectivity index (χ0) is 10.4. The van der Waals surface area contributed by atoms with E-state index in [2.05, 4.69) is 15.9 Å². The number of alkyl halides is 1. The van der Waals surface area contributed by atoms with Crippen LogP contribution in [0.5, 0.6) is 11.5 Å². The van der Waals surface area contributed by atoms with Crippen LogP contribution in [0.4, 0.5) is 0 Å². The van der Waals surface area contributed by atoms with Crippen molar-refractivity contribution >= 4 is 15.9 Å². The third-order valence-electron chi connectivity index (χ3n) is 1.72. The topological polar surface area (TPSA) is 18.5 Å². The van der Waals surface area contributed by atoms with E-state index in [9.17, 15) is 0 Å². The molecule has 0 aliphatic carbocycles. The Bertz CT molecular complexity index is 262. The van der Waals surface area contributed by atoms with Crippen LogP contribution in [0, 0.1) is 0 Å². The molecule has 0 bridgehead atoms. The molecule has 0 aromatic heterocycles. The lowest BCUT2D eigenvalue weighted by atomic mass is 10.2. The van der Waals surface area contributed by atoms with Crippen LogP contribution in [-0.2, 0) is 5.33 Å². The van der Waals surface area contributed by atoms with Crippen molar-refractivity contribution < 1.29 is 9.47 Å². The molecule has 2 nitrogen and oxygen atoms in total. The third kappa shape index (κ3) is 3.22. The van der Waals surface area contributed by atoms with Crippen molar-refractivity contribution in [2.45, 2.75) is 19.2 Å². The van der Waals surface area contributed by atoms with Gasteiger partial charge in [0.1, 0.15) is 11.5 Å². The molecule has 0 fully saturated rings. The van der Waals surface area contributed by atoms with Crippen LogP contribution in [0.25, 0.3) is 0 Å². The third-order valence-corrected chi connectivity index (χ3v) is 2.36. The molecule has 0 saturated heterocycles. The highest BCUT2D eigenvalue weighted by Crippen LogP contribution is 2.24. The molecule has 1 aromatic rings. The first-order valence-corrected chi connectivity index (χ1v) is 5.87. The minimum atomic E-state index is 0.678. The Morgan fingerprint density at radius 3 is 1.86 bits per heavy atom. The summed E-state index contributed by atoms with van der Waals surface area (Å²) in [5, 5.41) is 0.813. The Labute approximate surface area is 93.4 Å². The standard InChI is InChI=1S/C11H15BrO2/c1-3-13-10-5-9(8-12)6-11(7-10)14-4-2/h5-7H,3-4,8H2,1-2H3. The van der Waals surface area contributed by atoms with E-state index in [1.165, 1.54) is 5.56 Å². The van der Waals surface area contributed by atoms with Crippen LogP contribution in [0.2, 0.25) is 0 Å². The van der Waals surface area contributed by atoms with E-state index >= 15 is 0 Å². The Morgan fingerprint density at radius 1 is 1.00 bits per heavy atom. The lowest BCUT2D eigenvalue weighted by Crippen LogP contribution is -1.96. The second kappa shape index (κ2) is 5.91.